The zero-order valence-electron chi connectivity index (χ0n) is 17.9. The summed E-state index contributed by atoms with van der Waals surface area (Å²) in [6, 6.07) is 0. The number of nitrogens with zero attached hydrogens (tertiary/aromatic N) is 5. The van der Waals surface area contributed by atoms with Crippen molar-refractivity contribution in [1.82, 2.24) is 30.3 Å². The van der Waals surface area contributed by atoms with E-state index in [1.807, 2.05) is 18.5 Å². The molecule has 2 fully saturated rings. The number of aliphatic imine (C=N–C) groups is 1. The molecule has 0 amide bonds. The summed E-state index contributed by atoms with van der Waals surface area (Å²) in [5.74, 6) is 3.92. The Morgan fingerprint density at radius 1 is 1.28 bits per heavy atom. The lowest BCUT2D eigenvalue weighted by molar-refractivity contribution is 0.0376. The molecule has 2 saturated heterocycles. The Balaban J connectivity index is 0.00000300. The molecule has 0 radical (unpaired) electrons. The third kappa shape index (κ3) is 7.87. The Kier molecular flexibility index (Phi) is 10.5. The number of ether oxygens (including phenoxy) is 1. The summed E-state index contributed by atoms with van der Waals surface area (Å²) >= 11 is 2.06. The second-order valence-corrected chi connectivity index (χ2v) is 9.56. The molecule has 1 aromatic rings. The van der Waals surface area contributed by atoms with E-state index in [1.54, 1.807) is 0 Å². The van der Waals surface area contributed by atoms with Crippen molar-refractivity contribution in [3.63, 3.8) is 0 Å². The second kappa shape index (κ2) is 12.3. The van der Waals surface area contributed by atoms with Crippen molar-refractivity contribution in [2.75, 3.05) is 51.7 Å². The van der Waals surface area contributed by atoms with Crippen LogP contribution in [0.15, 0.2) is 4.99 Å². The van der Waals surface area contributed by atoms with Gasteiger partial charge in [0.05, 0.1) is 13.2 Å². The number of aryl methyl sites for hydroxylation is 1. The first-order valence-electron chi connectivity index (χ1n) is 10.4. The Labute approximate surface area is 196 Å². The molecule has 8 nitrogen and oxygen atoms in total. The second-order valence-electron chi connectivity index (χ2n) is 7.88. The third-order valence-corrected chi connectivity index (χ3v) is 7.08. The van der Waals surface area contributed by atoms with Crippen LogP contribution in [0.2, 0.25) is 0 Å². The highest BCUT2D eigenvalue weighted by Crippen LogP contribution is 2.36. The summed E-state index contributed by atoms with van der Waals surface area (Å²) < 4.78 is 7.72. The number of nitrogens with one attached hydrogen (secondary N) is 2. The number of aromatic nitrogens is 3. The molecule has 1 aromatic heterocycles. The zero-order chi connectivity index (χ0) is 19.8. The van der Waals surface area contributed by atoms with Crippen molar-refractivity contribution in [2.45, 2.75) is 44.4 Å². The topological polar surface area (TPSA) is 79.6 Å². The van der Waals surface area contributed by atoms with Crippen molar-refractivity contribution >= 4 is 41.7 Å². The van der Waals surface area contributed by atoms with Crippen LogP contribution in [0.4, 0.5) is 0 Å². The summed E-state index contributed by atoms with van der Waals surface area (Å²) in [5, 5.41) is 15.4. The maximum absolute atomic E-state index is 5.42. The molecule has 0 aromatic carbocycles. The normalized spacial score (nSPS) is 23.1. The maximum Gasteiger partial charge on any atom is 0.191 e. The van der Waals surface area contributed by atoms with Crippen LogP contribution in [0, 0.1) is 6.92 Å². The lowest BCUT2D eigenvalue weighted by Crippen LogP contribution is -2.44. The summed E-state index contributed by atoms with van der Waals surface area (Å²) in [7, 11) is 1.99. The van der Waals surface area contributed by atoms with Crippen molar-refractivity contribution in [2.24, 2.45) is 12.0 Å². The van der Waals surface area contributed by atoms with Crippen LogP contribution in [-0.2, 0) is 18.3 Å². The molecule has 0 aliphatic carbocycles. The fraction of sp³-hybridized carbons (Fsp3) is 0.842. The largest absolute Gasteiger partial charge is 0.379 e. The average molecular weight is 538 g/mol. The van der Waals surface area contributed by atoms with Gasteiger partial charge in [0.1, 0.15) is 12.4 Å². The number of hydrogen-bond acceptors (Lipinski definition) is 6. The molecule has 29 heavy (non-hydrogen) atoms. The smallest absolute Gasteiger partial charge is 0.191 e. The molecular formula is C19H36IN7OS. The summed E-state index contributed by atoms with van der Waals surface area (Å²) in [6.07, 6.45) is 3.66. The van der Waals surface area contributed by atoms with Gasteiger partial charge in [0.25, 0.3) is 0 Å². The van der Waals surface area contributed by atoms with Crippen LogP contribution in [0.25, 0.3) is 0 Å². The minimum absolute atomic E-state index is 0. The lowest BCUT2D eigenvalue weighted by atomic mass is 10.1. The van der Waals surface area contributed by atoms with Crippen LogP contribution < -0.4 is 10.6 Å². The SMILES string of the molecule is Cc1nnc(CN=C(NCCCN2CCOCC2)NCC2(C)CCCS2)n1C.I. The van der Waals surface area contributed by atoms with E-state index in [4.69, 9.17) is 9.73 Å². The van der Waals surface area contributed by atoms with Gasteiger partial charge in [0.2, 0.25) is 0 Å². The minimum Gasteiger partial charge on any atom is -0.379 e. The lowest BCUT2D eigenvalue weighted by Gasteiger charge is -2.27. The average Bonchev–Trinajstić information content (AvgIpc) is 3.28. The summed E-state index contributed by atoms with van der Waals surface area (Å²) in [6.45, 7) is 11.6. The first-order valence-corrected chi connectivity index (χ1v) is 11.4. The molecule has 10 heteroatoms. The van der Waals surface area contributed by atoms with Crippen LogP contribution in [0.3, 0.4) is 0 Å². The van der Waals surface area contributed by atoms with Crippen molar-refractivity contribution in [3.8, 4) is 0 Å². The van der Waals surface area contributed by atoms with Crippen molar-refractivity contribution in [1.29, 1.82) is 0 Å². The predicted octanol–water partition coefficient (Wildman–Crippen LogP) is 1.78. The third-order valence-electron chi connectivity index (χ3n) is 5.54. The van der Waals surface area contributed by atoms with Crippen molar-refractivity contribution < 1.29 is 4.74 Å². The van der Waals surface area contributed by atoms with Crippen LogP contribution in [0.5, 0.6) is 0 Å². The number of morpholine rings is 1. The summed E-state index contributed by atoms with van der Waals surface area (Å²) in [5.41, 5.74) is 0. The first-order chi connectivity index (χ1) is 13.6. The van der Waals surface area contributed by atoms with E-state index in [0.717, 1.165) is 70.0 Å². The Hall–Kier alpha value is -0.590. The zero-order valence-corrected chi connectivity index (χ0v) is 21.1. The number of rotatable bonds is 8. The summed E-state index contributed by atoms with van der Waals surface area (Å²) in [4.78, 5) is 7.24. The fourth-order valence-electron chi connectivity index (χ4n) is 3.49. The molecule has 1 atom stereocenters. The number of thioether (sulfide) groups is 1. The highest BCUT2D eigenvalue weighted by atomic mass is 127. The Morgan fingerprint density at radius 2 is 2.07 bits per heavy atom. The van der Waals surface area contributed by atoms with E-state index >= 15 is 0 Å². The standard InChI is InChI=1S/C19H35N7OS.HI/c1-16-23-24-17(25(16)3)14-21-18(22-15-19(2)6-4-13-28-19)20-7-5-8-26-9-11-27-12-10-26;/h4-15H2,1-3H3,(H2,20,21,22);1H. The predicted molar refractivity (Wildman–Crippen MR) is 130 cm³/mol. The minimum atomic E-state index is 0. The van der Waals surface area contributed by atoms with Gasteiger partial charge in [0.15, 0.2) is 11.8 Å². The van der Waals surface area contributed by atoms with Gasteiger partial charge in [-0.3, -0.25) is 4.90 Å². The molecule has 1 unspecified atom stereocenters. The highest BCUT2D eigenvalue weighted by molar-refractivity contribution is 14.0. The van der Waals surface area contributed by atoms with Gasteiger partial charge in [-0.1, -0.05) is 0 Å². The van der Waals surface area contributed by atoms with Gasteiger partial charge in [-0.2, -0.15) is 11.8 Å². The van der Waals surface area contributed by atoms with Gasteiger partial charge in [0, 0.05) is 38.0 Å². The molecular weight excluding hydrogens is 501 g/mol. The van der Waals surface area contributed by atoms with Gasteiger partial charge < -0.3 is 19.9 Å². The van der Waals surface area contributed by atoms with E-state index in [2.05, 4.69) is 44.4 Å². The highest BCUT2D eigenvalue weighted by Gasteiger charge is 2.29. The Morgan fingerprint density at radius 3 is 2.72 bits per heavy atom. The van der Waals surface area contributed by atoms with Crippen molar-refractivity contribution in [3.05, 3.63) is 11.6 Å². The molecule has 2 aliphatic heterocycles. The van der Waals surface area contributed by atoms with Crippen LogP contribution in [-0.4, -0.2) is 82.1 Å². The first kappa shape index (κ1) is 24.7. The van der Waals surface area contributed by atoms with Crippen LogP contribution >= 0.6 is 35.7 Å². The van der Waals surface area contributed by atoms with E-state index in [9.17, 15) is 0 Å². The molecule has 0 spiro atoms. The molecule has 0 saturated carbocycles. The molecule has 2 aliphatic rings. The molecule has 2 N–H and O–H groups in total. The number of hydrogen-bond donors (Lipinski definition) is 2. The number of halogens is 1. The Bertz CT molecular complexity index is 643. The van der Waals surface area contributed by atoms with Gasteiger partial charge in [-0.15, -0.1) is 34.2 Å². The van der Waals surface area contributed by atoms with Gasteiger partial charge in [-0.05, 0) is 45.4 Å². The molecule has 0 bridgehead atoms. The molecule has 3 heterocycles. The van der Waals surface area contributed by atoms with Gasteiger partial charge in [-0.25, -0.2) is 4.99 Å². The maximum atomic E-state index is 5.42. The van der Waals surface area contributed by atoms with Crippen LogP contribution in [0.1, 0.15) is 37.8 Å². The van der Waals surface area contributed by atoms with E-state index in [-0.39, 0.29) is 24.0 Å². The van der Waals surface area contributed by atoms with E-state index in [0.29, 0.717) is 11.3 Å². The quantitative estimate of drug-likeness (QED) is 0.227. The van der Waals surface area contributed by atoms with E-state index < -0.39 is 0 Å². The van der Waals surface area contributed by atoms with E-state index in [1.165, 1.54) is 18.6 Å². The monoisotopic (exact) mass is 537 g/mol. The molecule has 3 rings (SSSR count). The molecule has 166 valence electrons. The number of guanidine groups is 1. The van der Waals surface area contributed by atoms with Gasteiger partial charge >= 0.3 is 0 Å². The fourth-order valence-corrected chi connectivity index (χ4v) is 4.74.